The topological polar surface area (TPSA) is 37.3 Å². The molecule has 1 aromatic rings. The normalized spacial score (nSPS) is 10.1. The molecule has 0 aliphatic carbocycles. The first-order chi connectivity index (χ1) is 6.65. The molecule has 0 aliphatic heterocycles. The molecule has 0 heterocycles. The van der Waals surface area contributed by atoms with Gasteiger partial charge in [0.1, 0.15) is 0 Å². The van der Waals surface area contributed by atoms with Crippen LogP contribution in [0, 0.1) is 0 Å². The van der Waals surface area contributed by atoms with Gasteiger partial charge in [0, 0.05) is 9.37 Å². The SMILES string of the molecule is CCCSc1ccc(C(=O)O)cc1Br. The van der Waals surface area contributed by atoms with Gasteiger partial charge in [0.2, 0.25) is 0 Å². The molecule has 0 spiro atoms. The Morgan fingerprint density at radius 1 is 1.57 bits per heavy atom. The van der Waals surface area contributed by atoms with E-state index in [0.29, 0.717) is 5.56 Å². The smallest absolute Gasteiger partial charge is 0.335 e. The molecule has 0 aromatic heterocycles. The van der Waals surface area contributed by atoms with Gasteiger partial charge in [-0.3, -0.25) is 0 Å². The number of carboxylic acid groups (broad SMARTS) is 1. The fourth-order valence-electron chi connectivity index (χ4n) is 0.963. The van der Waals surface area contributed by atoms with E-state index in [9.17, 15) is 4.79 Å². The number of carboxylic acids is 1. The maximum Gasteiger partial charge on any atom is 0.335 e. The Kier molecular flexibility index (Phi) is 4.48. The van der Waals surface area contributed by atoms with Crippen LogP contribution in [0.4, 0.5) is 0 Å². The highest BCUT2D eigenvalue weighted by Gasteiger charge is 2.06. The fourth-order valence-corrected chi connectivity index (χ4v) is 2.47. The van der Waals surface area contributed by atoms with E-state index in [2.05, 4.69) is 22.9 Å². The molecule has 76 valence electrons. The molecule has 0 bridgehead atoms. The Morgan fingerprint density at radius 2 is 2.29 bits per heavy atom. The van der Waals surface area contributed by atoms with Crippen LogP contribution < -0.4 is 0 Å². The number of carbonyl (C=O) groups is 1. The summed E-state index contributed by atoms with van der Waals surface area (Å²) in [6, 6.07) is 5.11. The average Bonchev–Trinajstić information content (AvgIpc) is 2.15. The van der Waals surface area contributed by atoms with Gasteiger partial charge < -0.3 is 5.11 Å². The number of thioether (sulfide) groups is 1. The van der Waals surface area contributed by atoms with Crippen LogP contribution in [-0.2, 0) is 0 Å². The molecule has 0 aliphatic rings. The maximum absolute atomic E-state index is 10.7. The van der Waals surface area contributed by atoms with Gasteiger partial charge in [-0.2, -0.15) is 0 Å². The largest absolute Gasteiger partial charge is 0.478 e. The van der Waals surface area contributed by atoms with Gasteiger partial charge in [-0.05, 0) is 46.3 Å². The van der Waals surface area contributed by atoms with E-state index >= 15 is 0 Å². The molecule has 0 radical (unpaired) electrons. The summed E-state index contributed by atoms with van der Waals surface area (Å²) in [4.78, 5) is 11.7. The van der Waals surface area contributed by atoms with Crippen molar-refractivity contribution < 1.29 is 9.90 Å². The monoisotopic (exact) mass is 274 g/mol. The van der Waals surface area contributed by atoms with E-state index in [4.69, 9.17) is 5.11 Å². The van der Waals surface area contributed by atoms with Gasteiger partial charge >= 0.3 is 5.97 Å². The fraction of sp³-hybridized carbons (Fsp3) is 0.300. The van der Waals surface area contributed by atoms with Crippen molar-refractivity contribution in [3.63, 3.8) is 0 Å². The Labute approximate surface area is 95.8 Å². The van der Waals surface area contributed by atoms with Crippen LogP contribution in [0.1, 0.15) is 23.7 Å². The molecule has 1 N–H and O–H groups in total. The first kappa shape index (κ1) is 11.6. The third kappa shape index (κ3) is 3.03. The van der Waals surface area contributed by atoms with Crippen LogP contribution in [0.25, 0.3) is 0 Å². The zero-order valence-electron chi connectivity index (χ0n) is 7.79. The van der Waals surface area contributed by atoms with Crippen molar-refractivity contribution in [3.8, 4) is 0 Å². The molecule has 0 amide bonds. The van der Waals surface area contributed by atoms with Crippen LogP contribution in [0.3, 0.4) is 0 Å². The zero-order valence-corrected chi connectivity index (χ0v) is 10.2. The predicted octanol–water partition coefficient (Wildman–Crippen LogP) is 3.65. The molecule has 1 aromatic carbocycles. The van der Waals surface area contributed by atoms with Gasteiger partial charge in [-0.25, -0.2) is 4.79 Å². The Bertz CT molecular complexity index is 339. The van der Waals surface area contributed by atoms with E-state index in [1.165, 1.54) is 0 Å². The Morgan fingerprint density at radius 3 is 2.79 bits per heavy atom. The zero-order chi connectivity index (χ0) is 10.6. The Hall–Kier alpha value is -0.480. The third-order valence-electron chi connectivity index (χ3n) is 1.64. The highest BCUT2D eigenvalue weighted by molar-refractivity contribution is 9.10. The molecule has 0 fully saturated rings. The van der Waals surface area contributed by atoms with Gasteiger partial charge in [0.25, 0.3) is 0 Å². The maximum atomic E-state index is 10.7. The summed E-state index contributed by atoms with van der Waals surface area (Å²) in [7, 11) is 0. The lowest BCUT2D eigenvalue weighted by atomic mass is 10.2. The summed E-state index contributed by atoms with van der Waals surface area (Å²) in [5.74, 6) is 0.156. The number of hydrogen-bond acceptors (Lipinski definition) is 2. The van der Waals surface area contributed by atoms with Crippen molar-refractivity contribution in [1.29, 1.82) is 0 Å². The minimum atomic E-state index is -0.891. The van der Waals surface area contributed by atoms with Crippen molar-refractivity contribution >= 4 is 33.7 Å². The van der Waals surface area contributed by atoms with E-state index in [0.717, 1.165) is 21.5 Å². The van der Waals surface area contributed by atoms with Gasteiger partial charge in [-0.1, -0.05) is 6.92 Å². The van der Waals surface area contributed by atoms with Crippen molar-refractivity contribution in [3.05, 3.63) is 28.2 Å². The lowest BCUT2D eigenvalue weighted by Crippen LogP contribution is -1.95. The minimum Gasteiger partial charge on any atom is -0.478 e. The van der Waals surface area contributed by atoms with E-state index < -0.39 is 5.97 Å². The summed E-state index contributed by atoms with van der Waals surface area (Å²) < 4.78 is 0.857. The van der Waals surface area contributed by atoms with Crippen molar-refractivity contribution in [2.75, 3.05) is 5.75 Å². The van der Waals surface area contributed by atoms with E-state index in [1.807, 2.05) is 6.07 Å². The predicted molar refractivity (Wildman–Crippen MR) is 62.1 cm³/mol. The molecule has 2 nitrogen and oxygen atoms in total. The van der Waals surface area contributed by atoms with Gasteiger partial charge in [0.15, 0.2) is 0 Å². The first-order valence-electron chi connectivity index (χ1n) is 4.30. The van der Waals surface area contributed by atoms with E-state index in [1.54, 1.807) is 23.9 Å². The number of halogens is 1. The molecule has 0 unspecified atom stereocenters. The van der Waals surface area contributed by atoms with Gasteiger partial charge in [-0.15, -0.1) is 11.8 Å². The Balaban J connectivity index is 2.84. The molecular formula is C10H11BrO2S. The molecule has 4 heteroatoms. The summed E-state index contributed by atoms with van der Waals surface area (Å²) in [6.45, 7) is 2.12. The summed E-state index contributed by atoms with van der Waals surface area (Å²) in [6.07, 6.45) is 1.11. The first-order valence-corrected chi connectivity index (χ1v) is 6.08. The molecule has 0 saturated heterocycles. The number of hydrogen-bond donors (Lipinski definition) is 1. The number of benzene rings is 1. The standard InChI is InChI=1S/C10H11BrO2S/c1-2-5-14-9-4-3-7(10(12)13)6-8(9)11/h3-4,6H,2,5H2,1H3,(H,12,13). The lowest BCUT2D eigenvalue weighted by molar-refractivity contribution is 0.0696. The third-order valence-corrected chi connectivity index (χ3v) is 3.84. The second-order valence-electron chi connectivity index (χ2n) is 2.80. The molecule has 1 rings (SSSR count). The van der Waals surface area contributed by atoms with Crippen LogP contribution in [0.5, 0.6) is 0 Å². The van der Waals surface area contributed by atoms with Crippen molar-refractivity contribution in [2.45, 2.75) is 18.2 Å². The van der Waals surface area contributed by atoms with Crippen LogP contribution in [0.15, 0.2) is 27.6 Å². The highest BCUT2D eigenvalue weighted by atomic mass is 79.9. The minimum absolute atomic E-state index is 0.317. The van der Waals surface area contributed by atoms with Gasteiger partial charge in [0.05, 0.1) is 5.56 Å². The summed E-state index contributed by atoms with van der Waals surface area (Å²) in [5.41, 5.74) is 0.317. The quantitative estimate of drug-likeness (QED) is 0.852. The highest BCUT2D eigenvalue weighted by Crippen LogP contribution is 2.28. The summed E-state index contributed by atoms with van der Waals surface area (Å²) in [5, 5.41) is 8.75. The van der Waals surface area contributed by atoms with Crippen LogP contribution in [-0.4, -0.2) is 16.8 Å². The molecule has 0 atom stereocenters. The van der Waals surface area contributed by atoms with Crippen LogP contribution in [0.2, 0.25) is 0 Å². The van der Waals surface area contributed by atoms with E-state index in [-0.39, 0.29) is 0 Å². The number of aromatic carboxylic acids is 1. The molecule has 14 heavy (non-hydrogen) atoms. The van der Waals surface area contributed by atoms with Crippen molar-refractivity contribution in [1.82, 2.24) is 0 Å². The second-order valence-corrected chi connectivity index (χ2v) is 4.79. The second kappa shape index (κ2) is 5.41. The lowest BCUT2D eigenvalue weighted by Gasteiger charge is -2.03. The van der Waals surface area contributed by atoms with Crippen molar-refractivity contribution in [2.24, 2.45) is 0 Å². The average molecular weight is 275 g/mol. The molecule has 0 saturated carbocycles. The van der Waals surface area contributed by atoms with Crippen LogP contribution >= 0.6 is 27.7 Å². The number of rotatable bonds is 4. The summed E-state index contributed by atoms with van der Waals surface area (Å²) >= 11 is 5.09. The molecular weight excluding hydrogens is 264 g/mol.